The van der Waals surface area contributed by atoms with Crippen molar-refractivity contribution in [3.63, 3.8) is 0 Å². The van der Waals surface area contributed by atoms with Crippen molar-refractivity contribution in [1.29, 1.82) is 0 Å². The fourth-order valence-corrected chi connectivity index (χ4v) is 5.74. The molecular weight excluding hydrogens is 536 g/mol. The Bertz CT molecular complexity index is 593. The van der Waals surface area contributed by atoms with Crippen molar-refractivity contribution in [1.82, 2.24) is 0 Å². The number of unbranched alkanes of at least 4 members (excludes halogenated alkanes) is 22. The average Bonchev–Trinajstić information content (AvgIpc) is 3.00. The van der Waals surface area contributed by atoms with Gasteiger partial charge in [-0.15, -0.1) is 0 Å². The summed E-state index contributed by atoms with van der Waals surface area (Å²) in [4.78, 5) is 24.5. The third-order valence-corrected chi connectivity index (χ3v) is 8.68. The third kappa shape index (κ3) is 30.7. The van der Waals surface area contributed by atoms with Gasteiger partial charge in [-0.3, -0.25) is 9.59 Å². The highest BCUT2D eigenvalue weighted by Crippen LogP contribution is 2.19. The Morgan fingerprint density at radius 2 is 0.837 bits per heavy atom. The lowest BCUT2D eigenvalue weighted by atomic mass is 9.99. The second kappa shape index (κ2) is 33.8. The minimum atomic E-state index is -0.584. The molecule has 0 aromatic rings. The van der Waals surface area contributed by atoms with Gasteiger partial charge in [-0.05, 0) is 38.5 Å². The lowest BCUT2D eigenvalue weighted by molar-refractivity contribution is -0.156. The Kier molecular flexibility index (Phi) is 32.9. The molecule has 0 fully saturated rings. The zero-order valence-electron chi connectivity index (χ0n) is 29.2. The standard InChI is InChI=1S/C38H74O5/c1-4-7-10-13-16-17-18-22-28-33-38(41)43-36(31-26-21-14-11-8-5-2)35(39)30-25-20-19-23-27-32-37(40)42-34-29-24-15-12-9-6-3/h35-36,39H,4-34H2,1-3H3. The molecule has 0 aromatic carbocycles. The fourth-order valence-electron chi connectivity index (χ4n) is 5.74. The number of carbonyl (C=O) groups excluding carboxylic acids is 2. The van der Waals surface area contributed by atoms with E-state index >= 15 is 0 Å². The third-order valence-electron chi connectivity index (χ3n) is 8.68. The van der Waals surface area contributed by atoms with Gasteiger partial charge in [-0.2, -0.15) is 0 Å². The highest BCUT2D eigenvalue weighted by atomic mass is 16.6. The number of aliphatic hydroxyl groups excluding tert-OH is 1. The van der Waals surface area contributed by atoms with Crippen LogP contribution in [0.2, 0.25) is 0 Å². The van der Waals surface area contributed by atoms with Crippen molar-refractivity contribution >= 4 is 11.9 Å². The highest BCUT2D eigenvalue weighted by molar-refractivity contribution is 5.69. The summed E-state index contributed by atoms with van der Waals surface area (Å²) in [7, 11) is 0. The maximum absolute atomic E-state index is 12.6. The summed E-state index contributed by atoms with van der Waals surface area (Å²) in [5.41, 5.74) is 0. The van der Waals surface area contributed by atoms with Gasteiger partial charge in [0.1, 0.15) is 6.10 Å². The lowest BCUT2D eigenvalue weighted by Crippen LogP contribution is -2.31. The first-order chi connectivity index (χ1) is 21.0. The van der Waals surface area contributed by atoms with Crippen LogP contribution in [-0.4, -0.2) is 35.9 Å². The Morgan fingerprint density at radius 1 is 0.465 bits per heavy atom. The molecule has 2 unspecified atom stereocenters. The normalized spacial score (nSPS) is 12.7. The van der Waals surface area contributed by atoms with Crippen LogP contribution in [0.3, 0.4) is 0 Å². The Morgan fingerprint density at radius 3 is 1.33 bits per heavy atom. The molecule has 0 spiro atoms. The van der Waals surface area contributed by atoms with Crippen molar-refractivity contribution in [2.75, 3.05) is 6.61 Å². The molecule has 2 atom stereocenters. The van der Waals surface area contributed by atoms with E-state index in [4.69, 9.17) is 9.47 Å². The van der Waals surface area contributed by atoms with Crippen LogP contribution in [0, 0.1) is 0 Å². The van der Waals surface area contributed by atoms with Gasteiger partial charge in [0.25, 0.3) is 0 Å². The van der Waals surface area contributed by atoms with E-state index in [0.717, 1.165) is 77.0 Å². The predicted octanol–water partition coefficient (Wildman–Crippen LogP) is 11.6. The number of ether oxygens (including phenoxy) is 2. The van der Waals surface area contributed by atoms with Crippen molar-refractivity contribution in [2.45, 2.75) is 226 Å². The summed E-state index contributed by atoms with van der Waals surface area (Å²) >= 11 is 0. The molecule has 0 bridgehead atoms. The van der Waals surface area contributed by atoms with Crippen LogP contribution in [-0.2, 0) is 19.1 Å². The van der Waals surface area contributed by atoms with Crippen molar-refractivity contribution in [3.8, 4) is 0 Å². The molecule has 0 saturated carbocycles. The van der Waals surface area contributed by atoms with Gasteiger partial charge >= 0.3 is 11.9 Å². The van der Waals surface area contributed by atoms with E-state index in [1.54, 1.807) is 0 Å². The van der Waals surface area contributed by atoms with Crippen LogP contribution in [0.1, 0.15) is 213 Å². The Labute approximate surface area is 268 Å². The minimum Gasteiger partial charge on any atom is -0.466 e. The summed E-state index contributed by atoms with van der Waals surface area (Å²) in [6, 6.07) is 0. The molecule has 1 N–H and O–H groups in total. The maximum atomic E-state index is 12.6. The van der Waals surface area contributed by atoms with Gasteiger partial charge in [0.05, 0.1) is 12.7 Å². The first-order valence-corrected chi connectivity index (χ1v) is 19.1. The number of aliphatic hydroxyl groups is 1. The molecule has 0 radical (unpaired) electrons. The van der Waals surface area contributed by atoms with Crippen molar-refractivity contribution < 1.29 is 24.2 Å². The largest absolute Gasteiger partial charge is 0.466 e. The van der Waals surface area contributed by atoms with Gasteiger partial charge in [0, 0.05) is 12.8 Å². The molecule has 5 heteroatoms. The first kappa shape index (κ1) is 41.9. The van der Waals surface area contributed by atoms with E-state index in [1.807, 2.05) is 0 Å². The quantitative estimate of drug-likeness (QED) is 0.0579. The fraction of sp³-hybridized carbons (Fsp3) is 0.947. The number of hydrogen-bond acceptors (Lipinski definition) is 5. The smallest absolute Gasteiger partial charge is 0.306 e. The summed E-state index contributed by atoms with van der Waals surface area (Å²) in [5, 5.41) is 10.9. The predicted molar refractivity (Wildman–Crippen MR) is 182 cm³/mol. The molecule has 0 heterocycles. The molecule has 256 valence electrons. The molecule has 5 nitrogen and oxygen atoms in total. The molecular formula is C38H74O5. The van der Waals surface area contributed by atoms with Gasteiger partial charge in [0.2, 0.25) is 0 Å². The van der Waals surface area contributed by atoms with Gasteiger partial charge in [-0.25, -0.2) is 0 Å². The second-order valence-electron chi connectivity index (χ2n) is 13.0. The molecule has 43 heavy (non-hydrogen) atoms. The summed E-state index contributed by atoms with van der Waals surface area (Å²) in [5.74, 6) is -0.202. The number of carbonyl (C=O) groups is 2. The second-order valence-corrected chi connectivity index (χ2v) is 13.0. The zero-order valence-corrected chi connectivity index (χ0v) is 29.2. The molecule has 0 aliphatic heterocycles. The van der Waals surface area contributed by atoms with Crippen LogP contribution in [0.25, 0.3) is 0 Å². The molecule has 0 saturated heterocycles. The Hall–Kier alpha value is -1.10. The molecule has 0 rings (SSSR count). The van der Waals surface area contributed by atoms with Crippen LogP contribution in [0.5, 0.6) is 0 Å². The minimum absolute atomic E-state index is 0.0641. The van der Waals surface area contributed by atoms with Crippen LogP contribution >= 0.6 is 0 Å². The summed E-state index contributed by atoms with van der Waals surface area (Å²) in [6.45, 7) is 7.26. The van der Waals surface area contributed by atoms with E-state index in [2.05, 4.69) is 20.8 Å². The highest BCUT2D eigenvalue weighted by Gasteiger charge is 2.22. The topological polar surface area (TPSA) is 72.8 Å². The molecule has 0 aromatic heterocycles. The lowest BCUT2D eigenvalue weighted by Gasteiger charge is -2.23. The van der Waals surface area contributed by atoms with Gasteiger partial charge in [0.15, 0.2) is 0 Å². The van der Waals surface area contributed by atoms with Crippen molar-refractivity contribution in [2.24, 2.45) is 0 Å². The van der Waals surface area contributed by atoms with E-state index in [0.29, 0.717) is 25.9 Å². The number of rotatable bonds is 34. The van der Waals surface area contributed by atoms with Crippen molar-refractivity contribution in [3.05, 3.63) is 0 Å². The Balaban J connectivity index is 4.13. The van der Waals surface area contributed by atoms with Crippen LogP contribution in [0.15, 0.2) is 0 Å². The summed E-state index contributed by atoms with van der Waals surface area (Å²) in [6.07, 6.45) is 31.7. The van der Waals surface area contributed by atoms with E-state index in [1.165, 1.54) is 96.3 Å². The average molecular weight is 611 g/mol. The SMILES string of the molecule is CCCCCCCCCCCC(=O)OC(CCCCCCCC)C(O)CCCCCCCC(=O)OCCCCCCCC. The maximum Gasteiger partial charge on any atom is 0.306 e. The van der Waals surface area contributed by atoms with E-state index in [9.17, 15) is 14.7 Å². The van der Waals surface area contributed by atoms with Crippen LogP contribution in [0.4, 0.5) is 0 Å². The molecule has 0 amide bonds. The zero-order chi connectivity index (χ0) is 31.6. The first-order valence-electron chi connectivity index (χ1n) is 19.1. The van der Waals surface area contributed by atoms with Gasteiger partial charge in [-0.1, -0.05) is 162 Å². The summed E-state index contributed by atoms with van der Waals surface area (Å²) < 4.78 is 11.2. The van der Waals surface area contributed by atoms with E-state index < -0.39 is 6.10 Å². The molecule has 0 aliphatic rings. The molecule has 0 aliphatic carbocycles. The number of esters is 2. The number of hydrogen-bond donors (Lipinski definition) is 1. The van der Waals surface area contributed by atoms with E-state index in [-0.39, 0.29) is 18.0 Å². The monoisotopic (exact) mass is 611 g/mol. The van der Waals surface area contributed by atoms with Crippen LogP contribution < -0.4 is 0 Å². The van der Waals surface area contributed by atoms with Gasteiger partial charge < -0.3 is 14.6 Å².